The number of halogens is 2. The van der Waals surface area contributed by atoms with Gasteiger partial charge < -0.3 is 10.3 Å². The maximum absolute atomic E-state index is 13.1. The van der Waals surface area contributed by atoms with E-state index in [-0.39, 0.29) is 59.6 Å². The van der Waals surface area contributed by atoms with Gasteiger partial charge in [-0.2, -0.15) is 0 Å². The maximum Gasteiger partial charge on any atom is 0.265 e. The van der Waals surface area contributed by atoms with E-state index in [1.54, 1.807) is 13.1 Å². The standard InChI is InChI=1S/C17H20N4O2.2HI/c1-10-14-15(20-23-10)13-6-3-7-19-16(13)21(17(14)22)12-5-2-4-11(8-12)9-18;;/h3,6-7,11-12H,2,4-5,8-9,18H2,1H3;2*1H. The lowest BCUT2D eigenvalue weighted by Gasteiger charge is -2.30. The summed E-state index contributed by atoms with van der Waals surface area (Å²) in [5.41, 5.74) is 7.12. The van der Waals surface area contributed by atoms with Crippen LogP contribution in [0.5, 0.6) is 0 Å². The fourth-order valence-electron chi connectivity index (χ4n) is 3.85. The van der Waals surface area contributed by atoms with E-state index in [4.69, 9.17) is 10.3 Å². The summed E-state index contributed by atoms with van der Waals surface area (Å²) in [5.74, 6) is 1.04. The summed E-state index contributed by atoms with van der Waals surface area (Å²) < 4.78 is 7.13. The van der Waals surface area contributed by atoms with E-state index in [2.05, 4.69) is 10.1 Å². The number of aromatic nitrogens is 3. The first-order valence-electron chi connectivity index (χ1n) is 8.16. The van der Waals surface area contributed by atoms with Crippen molar-refractivity contribution in [1.82, 2.24) is 14.7 Å². The van der Waals surface area contributed by atoms with E-state index in [9.17, 15) is 4.79 Å². The van der Waals surface area contributed by atoms with Crippen molar-refractivity contribution in [2.24, 2.45) is 11.7 Å². The van der Waals surface area contributed by atoms with Crippen molar-refractivity contribution in [2.75, 3.05) is 6.54 Å². The molecule has 6 nitrogen and oxygen atoms in total. The second kappa shape index (κ2) is 8.30. The average molecular weight is 568 g/mol. The highest BCUT2D eigenvalue weighted by atomic mass is 127. The molecule has 0 aromatic carbocycles. The second-order valence-corrected chi connectivity index (χ2v) is 6.43. The molecule has 0 radical (unpaired) electrons. The predicted molar refractivity (Wildman–Crippen MR) is 119 cm³/mol. The largest absolute Gasteiger partial charge is 0.360 e. The van der Waals surface area contributed by atoms with Crippen molar-refractivity contribution < 1.29 is 4.52 Å². The third-order valence-corrected chi connectivity index (χ3v) is 5.02. The molecule has 2 unspecified atom stereocenters. The minimum atomic E-state index is -0.0485. The van der Waals surface area contributed by atoms with Crippen LogP contribution in [0.25, 0.3) is 21.9 Å². The normalized spacial score (nSPS) is 20.2. The number of fused-ring (bicyclic) bond motifs is 3. The van der Waals surface area contributed by atoms with Crippen LogP contribution in [0.1, 0.15) is 37.5 Å². The summed E-state index contributed by atoms with van der Waals surface area (Å²) in [4.78, 5) is 17.6. The third-order valence-electron chi connectivity index (χ3n) is 5.02. The number of nitrogens with two attached hydrogens (primary N) is 1. The van der Waals surface area contributed by atoms with Gasteiger partial charge in [-0.15, -0.1) is 48.0 Å². The Kier molecular flexibility index (Phi) is 6.82. The van der Waals surface area contributed by atoms with Gasteiger partial charge in [0.05, 0.1) is 0 Å². The average Bonchev–Trinajstić information content (AvgIpc) is 2.98. The van der Waals surface area contributed by atoms with Crippen molar-refractivity contribution in [3.63, 3.8) is 0 Å². The molecular formula is C17H22I2N4O2. The smallest absolute Gasteiger partial charge is 0.265 e. The topological polar surface area (TPSA) is 86.9 Å². The Morgan fingerprint density at radius 1 is 1.36 bits per heavy atom. The molecule has 25 heavy (non-hydrogen) atoms. The number of pyridine rings is 2. The van der Waals surface area contributed by atoms with E-state index >= 15 is 0 Å². The van der Waals surface area contributed by atoms with E-state index in [1.807, 2.05) is 16.7 Å². The first kappa shape index (κ1) is 20.6. The van der Waals surface area contributed by atoms with Crippen LogP contribution in [0.4, 0.5) is 0 Å². The minimum absolute atomic E-state index is 0. The van der Waals surface area contributed by atoms with E-state index in [1.165, 1.54) is 0 Å². The zero-order valence-corrected chi connectivity index (χ0v) is 18.6. The number of rotatable bonds is 2. The molecule has 1 aliphatic rings. The fourth-order valence-corrected chi connectivity index (χ4v) is 3.85. The minimum Gasteiger partial charge on any atom is -0.360 e. The molecule has 136 valence electrons. The molecule has 1 aliphatic carbocycles. The SMILES string of the molecule is Cc1onc2c1c(=O)n(C1CCCC(CN)C1)c1ncccc21.I.I. The van der Waals surface area contributed by atoms with Crippen LogP contribution in [0.15, 0.2) is 27.6 Å². The van der Waals surface area contributed by atoms with Crippen LogP contribution in [0.3, 0.4) is 0 Å². The molecule has 0 spiro atoms. The molecule has 0 bridgehead atoms. The maximum atomic E-state index is 13.1. The molecule has 0 saturated heterocycles. The molecule has 3 aromatic rings. The van der Waals surface area contributed by atoms with Crippen molar-refractivity contribution >= 4 is 69.9 Å². The summed E-state index contributed by atoms with van der Waals surface area (Å²) in [7, 11) is 0. The molecule has 0 amide bonds. The number of aryl methyl sites for hydroxylation is 1. The molecule has 8 heteroatoms. The van der Waals surface area contributed by atoms with Gasteiger partial charge in [-0.25, -0.2) is 4.98 Å². The van der Waals surface area contributed by atoms with Crippen LogP contribution in [-0.4, -0.2) is 21.3 Å². The molecular weight excluding hydrogens is 546 g/mol. The summed E-state index contributed by atoms with van der Waals surface area (Å²) in [6.07, 6.45) is 5.87. The lowest BCUT2D eigenvalue weighted by atomic mass is 9.85. The highest BCUT2D eigenvalue weighted by Gasteiger charge is 2.27. The molecule has 2 atom stereocenters. The lowest BCUT2D eigenvalue weighted by Crippen LogP contribution is -2.31. The summed E-state index contributed by atoms with van der Waals surface area (Å²) in [5, 5.41) is 5.52. The van der Waals surface area contributed by atoms with Crippen LogP contribution in [0, 0.1) is 12.8 Å². The van der Waals surface area contributed by atoms with Crippen molar-refractivity contribution in [1.29, 1.82) is 0 Å². The Labute approximate surface area is 179 Å². The molecule has 3 aromatic heterocycles. The van der Waals surface area contributed by atoms with E-state index < -0.39 is 0 Å². The first-order valence-corrected chi connectivity index (χ1v) is 8.16. The summed E-state index contributed by atoms with van der Waals surface area (Å²) in [6, 6.07) is 3.96. The van der Waals surface area contributed by atoms with Crippen LogP contribution in [0.2, 0.25) is 0 Å². The fraction of sp³-hybridized carbons (Fsp3) is 0.471. The Bertz CT molecular complexity index is 937. The molecule has 1 fully saturated rings. The molecule has 3 heterocycles. The Hall–Kier alpha value is -0.750. The number of hydrogen-bond acceptors (Lipinski definition) is 5. The van der Waals surface area contributed by atoms with Crippen molar-refractivity contribution in [2.45, 2.75) is 38.6 Å². The van der Waals surface area contributed by atoms with Crippen molar-refractivity contribution in [3.8, 4) is 0 Å². The Morgan fingerprint density at radius 3 is 2.92 bits per heavy atom. The van der Waals surface area contributed by atoms with Gasteiger partial charge in [-0.05, 0) is 50.8 Å². The summed E-state index contributed by atoms with van der Waals surface area (Å²) in [6.45, 7) is 2.46. The van der Waals surface area contributed by atoms with E-state index in [0.717, 1.165) is 31.1 Å². The Morgan fingerprint density at radius 2 is 2.16 bits per heavy atom. The van der Waals surface area contributed by atoms with E-state index in [0.29, 0.717) is 34.8 Å². The number of hydrogen-bond donors (Lipinski definition) is 1. The highest BCUT2D eigenvalue weighted by Crippen LogP contribution is 2.34. The van der Waals surface area contributed by atoms with Gasteiger partial charge in [0.2, 0.25) is 0 Å². The van der Waals surface area contributed by atoms with Gasteiger partial charge in [0.25, 0.3) is 5.56 Å². The summed E-state index contributed by atoms with van der Waals surface area (Å²) >= 11 is 0. The monoisotopic (exact) mass is 568 g/mol. The quantitative estimate of drug-likeness (QED) is 0.476. The van der Waals surface area contributed by atoms with Crippen LogP contribution in [-0.2, 0) is 0 Å². The van der Waals surface area contributed by atoms with Crippen molar-refractivity contribution in [3.05, 3.63) is 34.4 Å². The zero-order valence-electron chi connectivity index (χ0n) is 14.0. The lowest BCUT2D eigenvalue weighted by molar-refractivity contribution is 0.272. The first-order chi connectivity index (χ1) is 11.2. The van der Waals surface area contributed by atoms with Crippen LogP contribution >= 0.6 is 48.0 Å². The Balaban J connectivity index is 0.00000113. The van der Waals surface area contributed by atoms with Gasteiger partial charge in [-0.1, -0.05) is 11.6 Å². The highest BCUT2D eigenvalue weighted by molar-refractivity contribution is 14.0. The number of nitrogens with zero attached hydrogens (tertiary/aromatic N) is 3. The third kappa shape index (κ3) is 3.44. The second-order valence-electron chi connectivity index (χ2n) is 6.43. The molecule has 0 aliphatic heterocycles. The zero-order chi connectivity index (χ0) is 16.0. The molecule has 4 rings (SSSR count). The van der Waals surface area contributed by atoms with Gasteiger partial charge in [0.1, 0.15) is 22.3 Å². The molecule has 1 saturated carbocycles. The molecule has 2 N–H and O–H groups in total. The van der Waals surface area contributed by atoms with Gasteiger partial charge in [-0.3, -0.25) is 9.36 Å². The van der Waals surface area contributed by atoms with Gasteiger partial charge in [0.15, 0.2) is 0 Å². The van der Waals surface area contributed by atoms with Crippen LogP contribution < -0.4 is 11.3 Å². The predicted octanol–water partition coefficient (Wildman–Crippen LogP) is 3.77. The van der Waals surface area contributed by atoms with Gasteiger partial charge in [0, 0.05) is 17.6 Å². The van der Waals surface area contributed by atoms with Gasteiger partial charge >= 0.3 is 0 Å².